The summed E-state index contributed by atoms with van der Waals surface area (Å²) in [6.07, 6.45) is 4.43. The standard InChI is InChI=1S/C9H7ClN4O/c10-5-3-6(8(11)14-4-5)7(15)9-12-1-2-13-9/h1-4H,(H2,11,14)(H,12,13). The number of anilines is 1. The van der Waals surface area contributed by atoms with E-state index in [-0.39, 0.29) is 23.0 Å². The lowest BCUT2D eigenvalue weighted by atomic mass is 10.1. The number of halogens is 1. The van der Waals surface area contributed by atoms with Crippen LogP contribution in [0.4, 0.5) is 5.82 Å². The Morgan fingerprint density at radius 3 is 2.93 bits per heavy atom. The van der Waals surface area contributed by atoms with Crippen molar-refractivity contribution in [1.29, 1.82) is 0 Å². The molecule has 3 N–H and O–H groups in total. The van der Waals surface area contributed by atoms with Gasteiger partial charge in [-0.1, -0.05) is 11.6 Å². The fourth-order valence-corrected chi connectivity index (χ4v) is 1.31. The Bertz CT molecular complexity index is 495. The zero-order chi connectivity index (χ0) is 10.8. The smallest absolute Gasteiger partial charge is 0.231 e. The highest BCUT2D eigenvalue weighted by atomic mass is 35.5. The van der Waals surface area contributed by atoms with Gasteiger partial charge in [-0.15, -0.1) is 0 Å². The van der Waals surface area contributed by atoms with Gasteiger partial charge in [0.05, 0.1) is 10.6 Å². The number of pyridine rings is 1. The Morgan fingerprint density at radius 2 is 2.27 bits per heavy atom. The summed E-state index contributed by atoms with van der Waals surface area (Å²) in [5, 5.41) is 0.360. The van der Waals surface area contributed by atoms with E-state index in [1.165, 1.54) is 18.5 Å². The van der Waals surface area contributed by atoms with Gasteiger partial charge in [0.25, 0.3) is 0 Å². The Hall–Kier alpha value is -1.88. The summed E-state index contributed by atoms with van der Waals surface area (Å²) in [6.45, 7) is 0. The molecule has 0 fully saturated rings. The molecule has 0 aromatic carbocycles. The Labute approximate surface area is 90.3 Å². The fraction of sp³-hybridized carbons (Fsp3) is 0. The van der Waals surface area contributed by atoms with Gasteiger partial charge in [-0.2, -0.15) is 0 Å². The van der Waals surface area contributed by atoms with Crippen molar-refractivity contribution in [1.82, 2.24) is 15.0 Å². The first kappa shape index (κ1) is 9.67. The van der Waals surface area contributed by atoms with Crippen molar-refractivity contribution in [3.05, 3.63) is 41.1 Å². The number of imidazole rings is 1. The predicted molar refractivity (Wildman–Crippen MR) is 55.7 cm³/mol. The van der Waals surface area contributed by atoms with Crippen molar-refractivity contribution in [3.63, 3.8) is 0 Å². The predicted octanol–water partition coefficient (Wildman–Crippen LogP) is 1.27. The second-order valence-electron chi connectivity index (χ2n) is 2.85. The van der Waals surface area contributed by atoms with Crippen LogP contribution in [0.15, 0.2) is 24.7 Å². The topological polar surface area (TPSA) is 84.7 Å². The van der Waals surface area contributed by atoms with Crippen LogP contribution in [0.1, 0.15) is 16.2 Å². The normalized spacial score (nSPS) is 10.2. The quantitative estimate of drug-likeness (QED) is 0.750. The second kappa shape index (κ2) is 3.70. The summed E-state index contributed by atoms with van der Waals surface area (Å²) in [4.78, 5) is 22.1. The monoisotopic (exact) mass is 222 g/mol. The summed E-state index contributed by atoms with van der Waals surface area (Å²) < 4.78 is 0. The minimum atomic E-state index is -0.326. The number of ketones is 1. The highest BCUT2D eigenvalue weighted by Crippen LogP contribution is 2.17. The Kier molecular flexibility index (Phi) is 2.39. The molecule has 2 aromatic rings. The van der Waals surface area contributed by atoms with E-state index in [4.69, 9.17) is 17.3 Å². The number of hydrogen-bond acceptors (Lipinski definition) is 4. The number of carbonyl (C=O) groups is 1. The van der Waals surface area contributed by atoms with Crippen LogP contribution in [0.25, 0.3) is 0 Å². The zero-order valence-corrected chi connectivity index (χ0v) is 8.32. The molecule has 0 atom stereocenters. The van der Waals surface area contributed by atoms with Gasteiger partial charge in [0, 0.05) is 18.6 Å². The number of carbonyl (C=O) groups excluding carboxylic acids is 1. The lowest BCUT2D eigenvalue weighted by Gasteiger charge is -2.01. The largest absolute Gasteiger partial charge is 0.383 e. The van der Waals surface area contributed by atoms with E-state index in [0.717, 1.165) is 0 Å². The van der Waals surface area contributed by atoms with E-state index in [9.17, 15) is 4.79 Å². The number of H-pyrrole nitrogens is 1. The Balaban J connectivity index is 2.46. The second-order valence-corrected chi connectivity index (χ2v) is 3.29. The number of aromatic amines is 1. The molecular weight excluding hydrogens is 216 g/mol. The third-order valence-electron chi connectivity index (χ3n) is 1.84. The number of hydrogen-bond donors (Lipinski definition) is 2. The van der Waals surface area contributed by atoms with Crippen molar-refractivity contribution in [2.24, 2.45) is 0 Å². The first-order valence-electron chi connectivity index (χ1n) is 4.13. The average molecular weight is 223 g/mol. The van der Waals surface area contributed by atoms with Crippen LogP contribution in [-0.4, -0.2) is 20.7 Å². The van der Waals surface area contributed by atoms with Gasteiger partial charge < -0.3 is 10.7 Å². The van der Waals surface area contributed by atoms with E-state index in [1.54, 1.807) is 6.20 Å². The average Bonchev–Trinajstić information content (AvgIpc) is 2.74. The molecule has 0 aliphatic carbocycles. The summed E-state index contributed by atoms with van der Waals surface area (Å²) in [7, 11) is 0. The molecule has 0 amide bonds. The van der Waals surface area contributed by atoms with E-state index in [2.05, 4.69) is 15.0 Å². The lowest BCUT2D eigenvalue weighted by Crippen LogP contribution is -2.08. The van der Waals surface area contributed by atoms with Crippen LogP contribution in [0.2, 0.25) is 5.02 Å². The molecule has 15 heavy (non-hydrogen) atoms. The van der Waals surface area contributed by atoms with Crippen molar-refractivity contribution in [2.45, 2.75) is 0 Å². The number of nitrogens with one attached hydrogen (secondary N) is 1. The fourth-order valence-electron chi connectivity index (χ4n) is 1.15. The third-order valence-corrected chi connectivity index (χ3v) is 2.05. The number of rotatable bonds is 2. The third kappa shape index (κ3) is 1.82. The molecule has 0 saturated heterocycles. The van der Waals surface area contributed by atoms with Gasteiger partial charge in [0.1, 0.15) is 5.82 Å². The number of nitrogens with two attached hydrogens (primary N) is 1. The SMILES string of the molecule is Nc1ncc(Cl)cc1C(=O)c1ncc[nH]1. The molecule has 2 rings (SSSR count). The maximum atomic E-state index is 11.8. The van der Waals surface area contributed by atoms with E-state index in [0.29, 0.717) is 5.02 Å². The van der Waals surface area contributed by atoms with Crippen LogP contribution in [0, 0.1) is 0 Å². The summed E-state index contributed by atoms with van der Waals surface area (Å²) in [5.74, 6) is 0.0269. The van der Waals surface area contributed by atoms with Crippen LogP contribution < -0.4 is 5.73 Å². The first-order chi connectivity index (χ1) is 7.18. The number of nitrogens with zero attached hydrogens (tertiary/aromatic N) is 2. The maximum absolute atomic E-state index is 11.8. The number of nitrogen functional groups attached to an aromatic ring is 1. The van der Waals surface area contributed by atoms with Gasteiger partial charge in [-0.05, 0) is 6.07 Å². The maximum Gasteiger partial charge on any atom is 0.231 e. The summed E-state index contributed by atoms with van der Waals surface area (Å²) >= 11 is 5.72. The minimum Gasteiger partial charge on any atom is -0.383 e. The van der Waals surface area contributed by atoms with Gasteiger partial charge in [-0.3, -0.25) is 4.79 Å². The van der Waals surface area contributed by atoms with Gasteiger partial charge in [0.15, 0.2) is 5.82 Å². The Morgan fingerprint density at radius 1 is 1.47 bits per heavy atom. The molecule has 76 valence electrons. The molecule has 0 spiro atoms. The van der Waals surface area contributed by atoms with Gasteiger partial charge in [-0.25, -0.2) is 9.97 Å². The molecule has 2 heterocycles. The van der Waals surface area contributed by atoms with Crippen molar-refractivity contribution >= 4 is 23.2 Å². The lowest BCUT2D eigenvalue weighted by molar-refractivity contribution is 0.103. The molecule has 2 aromatic heterocycles. The summed E-state index contributed by atoms with van der Waals surface area (Å²) in [6, 6.07) is 1.47. The highest BCUT2D eigenvalue weighted by Gasteiger charge is 2.15. The molecule has 5 nitrogen and oxygen atoms in total. The first-order valence-corrected chi connectivity index (χ1v) is 4.51. The van der Waals surface area contributed by atoms with Crippen molar-refractivity contribution in [3.8, 4) is 0 Å². The van der Waals surface area contributed by atoms with Gasteiger partial charge >= 0.3 is 0 Å². The van der Waals surface area contributed by atoms with E-state index >= 15 is 0 Å². The van der Waals surface area contributed by atoms with Gasteiger partial charge in [0.2, 0.25) is 5.78 Å². The molecule has 0 radical (unpaired) electrons. The zero-order valence-electron chi connectivity index (χ0n) is 7.57. The molecule has 6 heteroatoms. The minimum absolute atomic E-state index is 0.140. The van der Waals surface area contributed by atoms with Crippen LogP contribution in [0.5, 0.6) is 0 Å². The highest BCUT2D eigenvalue weighted by molar-refractivity contribution is 6.31. The molecule has 0 saturated carbocycles. The van der Waals surface area contributed by atoms with Crippen LogP contribution in [-0.2, 0) is 0 Å². The van der Waals surface area contributed by atoms with Crippen LogP contribution in [0.3, 0.4) is 0 Å². The number of aromatic nitrogens is 3. The molecule has 0 bridgehead atoms. The summed E-state index contributed by atoms with van der Waals surface area (Å²) in [5.41, 5.74) is 5.81. The molecule has 0 unspecified atom stereocenters. The van der Waals surface area contributed by atoms with Crippen molar-refractivity contribution in [2.75, 3.05) is 5.73 Å². The molecule has 0 aliphatic rings. The van der Waals surface area contributed by atoms with E-state index < -0.39 is 0 Å². The van der Waals surface area contributed by atoms with Crippen LogP contribution >= 0.6 is 11.6 Å². The van der Waals surface area contributed by atoms with Crippen molar-refractivity contribution < 1.29 is 4.79 Å². The molecule has 0 aliphatic heterocycles. The molecular formula is C9H7ClN4O. The van der Waals surface area contributed by atoms with E-state index in [1.807, 2.05) is 0 Å².